The first-order chi connectivity index (χ1) is 12.5. The van der Waals surface area contributed by atoms with Crippen LogP contribution < -0.4 is 15.6 Å². The Morgan fingerprint density at radius 2 is 1.92 bits per heavy atom. The van der Waals surface area contributed by atoms with E-state index in [9.17, 15) is 9.59 Å². The minimum Gasteiger partial charge on any atom is -0.495 e. The third-order valence-corrected chi connectivity index (χ3v) is 3.98. The Morgan fingerprint density at radius 3 is 2.54 bits per heavy atom. The van der Waals surface area contributed by atoms with Crippen LogP contribution in [0.15, 0.2) is 53.5 Å². The number of ether oxygens (including phenoxy) is 1. The van der Waals surface area contributed by atoms with Crippen LogP contribution in [0.1, 0.15) is 10.5 Å². The number of hydrogen-bond donors (Lipinski definition) is 1. The van der Waals surface area contributed by atoms with E-state index in [1.807, 2.05) is 12.1 Å². The van der Waals surface area contributed by atoms with Gasteiger partial charge in [0, 0.05) is 24.9 Å². The SMILES string of the molecule is COc1ccc(-c2ccc(NC(=O)c3ccc(=O)n(C)n3)nc2)cc1Cl. The van der Waals surface area contributed by atoms with E-state index in [0.717, 1.165) is 15.8 Å². The topological polar surface area (TPSA) is 86.1 Å². The number of carbonyl (C=O) groups excluding carboxylic acids is 1. The van der Waals surface area contributed by atoms with Crippen LogP contribution in [0.2, 0.25) is 5.02 Å². The van der Waals surface area contributed by atoms with Gasteiger partial charge < -0.3 is 10.1 Å². The molecule has 132 valence electrons. The van der Waals surface area contributed by atoms with Crippen LogP contribution in [-0.2, 0) is 7.05 Å². The van der Waals surface area contributed by atoms with Crippen LogP contribution >= 0.6 is 11.6 Å². The number of carbonyl (C=O) groups is 1. The zero-order valence-corrected chi connectivity index (χ0v) is 14.8. The average molecular weight is 371 g/mol. The summed E-state index contributed by atoms with van der Waals surface area (Å²) >= 11 is 6.14. The molecule has 1 N–H and O–H groups in total. The Kier molecular flexibility index (Phi) is 4.99. The molecule has 0 aliphatic carbocycles. The lowest BCUT2D eigenvalue weighted by molar-refractivity contribution is 0.101. The Balaban J connectivity index is 1.77. The van der Waals surface area contributed by atoms with Crippen LogP contribution in [0.3, 0.4) is 0 Å². The van der Waals surface area contributed by atoms with Gasteiger partial charge in [0.05, 0.1) is 12.1 Å². The molecular formula is C18H15ClN4O3. The van der Waals surface area contributed by atoms with E-state index >= 15 is 0 Å². The van der Waals surface area contributed by atoms with Gasteiger partial charge in [-0.25, -0.2) is 9.67 Å². The number of benzene rings is 1. The number of amides is 1. The highest BCUT2D eigenvalue weighted by Gasteiger charge is 2.10. The summed E-state index contributed by atoms with van der Waals surface area (Å²) in [6.07, 6.45) is 1.63. The van der Waals surface area contributed by atoms with E-state index in [1.54, 1.807) is 31.5 Å². The lowest BCUT2D eigenvalue weighted by Crippen LogP contribution is -2.23. The molecule has 0 saturated heterocycles. The molecule has 3 aromatic rings. The maximum Gasteiger partial charge on any atom is 0.277 e. The second-order valence-electron chi connectivity index (χ2n) is 5.42. The van der Waals surface area contributed by atoms with Crippen molar-refractivity contribution < 1.29 is 9.53 Å². The highest BCUT2D eigenvalue weighted by molar-refractivity contribution is 6.32. The standard InChI is InChI=1S/C18H15ClN4O3/c1-23-17(24)8-5-14(22-23)18(25)21-16-7-4-12(10-20-16)11-3-6-15(26-2)13(19)9-11/h3-10H,1-2H3,(H,20,21,25). The van der Waals surface area contributed by atoms with Gasteiger partial charge >= 0.3 is 0 Å². The van der Waals surface area contributed by atoms with E-state index in [-0.39, 0.29) is 11.3 Å². The first-order valence-corrected chi connectivity index (χ1v) is 8.01. The zero-order valence-electron chi connectivity index (χ0n) is 14.1. The number of methoxy groups -OCH3 is 1. The zero-order chi connectivity index (χ0) is 18.7. The molecule has 0 spiro atoms. The molecule has 0 aliphatic heterocycles. The summed E-state index contributed by atoms with van der Waals surface area (Å²) in [5.74, 6) is 0.513. The number of hydrogen-bond acceptors (Lipinski definition) is 5. The summed E-state index contributed by atoms with van der Waals surface area (Å²) in [4.78, 5) is 27.7. The maximum atomic E-state index is 12.2. The second-order valence-corrected chi connectivity index (χ2v) is 5.82. The predicted molar refractivity (Wildman–Crippen MR) is 98.7 cm³/mol. The van der Waals surface area contributed by atoms with Gasteiger partial charge in [0.2, 0.25) is 0 Å². The van der Waals surface area contributed by atoms with E-state index in [0.29, 0.717) is 16.6 Å². The summed E-state index contributed by atoms with van der Waals surface area (Å²) in [5, 5.41) is 7.04. The summed E-state index contributed by atoms with van der Waals surface area (Å²) < 4.78 is 6.23. The molecule has 0 atom stereocenters. The Bertz CT molecular complexity index is 1020. The quantitative estimate of drug-likeness (QED) is 0.763. The molecule has 0 radical (unpaired) electrons. The lowest BCUT2D eigenvalue weighted by atomic mass is 10.1. The molecule has 1 amide bonds. The molecule has 0 saturated carbocycles. The van der Waals surface area contributed by atoms with Gasteiger partial charge in [-0.1, -0.05) is 17.7 Å². The fourth-order valence-corrected chi connectivity index (χ4v) is 2.55. The second kappa shape index (κ2) is 7.37. The first-order valence-electron chi connectivity index (χ1n) is 7.63. The molecule has 0 bridgehead atoms. The summed E-state index contributed by atoms with van der Waals surface area (Å²) in [6.45, 7) is 0. The van der Waals surface area contributed by atoms with E-state index in [2.05, 4.69) is 15.4 Å². The molecule has 1 aromatic carbocycles. The number of pyridine rings is 1. The van der Waals surface area contributed by atoms with Crippen LogP contribution in [0.5, 0.6) is 5.75 Å². The van der Waals surface area contributed by atoms with Crippen molar-refractivity contribution in [2.75, 3.05) is 12.4 Å². The summed E-state index contributed by atoms with van der Waals surface area (Å²) in [5.41, 5.74) is 1.55. The van der Waals surface area contributed by atoms with Crippen molar-refractivity contribution in [1.29, 1.82) is 0 Å². The molecule has 7 nitrogen and oxygen atoms in total. The summed E-state index contributed by atoms with van der Waals surface area (Å²) in [7, 11) is 3.03. The van der Waals surface area contributed by atoms with Crippen molar-refractivity contribution >= 4 is 23.3 Å². The van der Waals surface area contributed by atoms with Crippen molar-refractivity contribution in [3.63, 3.8) is 0 Å². The number of nitrogens with one attached hydrogen (secondary N) is 1. The van der Waals surface area contributed by atoms with Gasteiger partial charge in [-0.05, 0) is 35.9 Å². The number of aromatic nitrogens is 3. The summed E-state index contributed by atoms with van der Waals surface area (Å²) in [6, 6.07) is 11.6. The third-order valence-electron chi connectivity index (χ3n) is 3.68. The van der Waals surface area contributed by atoms with Crippen LogP contribution in [-0.4, -0.2) is 27.8 Å². The maximum absolute atomic E-state index is 12.2. The van der Waals surface area contributed by atoms with Gasteiger partial charge in [-0.15, -0.1) is 0 Å². The minimum atomic E-state index is -0.451. The number of rotatable bonds is 4. The predicted octanol–water partition coefficient (Wildman–Crippen LogP) is 2.76. The highest BCUT2D eigenvalue weighted by Crippen LogP contribution is 2.30. The van der Waals surface area contributed by atoms with Crippen molar-refractivity contribution in [1.82, 2.24) is 14.8 Å². The van der Waals surface area contributed by atoms with E-state index < -0.39 is 5.91 Å². The fraction of sp³-hybridized carbons (Fsp3) is 0.111. The first kappa shape index (κ1) is 17.6. The van der Waals surface area contributed by atoms with Gasteiger partial charge in [0.25, 0.3) is 11.5 Å². The highest BCUT2D eigenvalue weighted by atomic mass is 35.5. The van der Waals surface area contributed by atoms with Crippen molar-refractivity contribution in [3.8, 4) is 16.9 Å². The van der Waals surface area contributed by atoms with E-state index in [1.165, 1.54) is 19.2 Å². The van der Waals surface area contributed by atoms with Crippen molar-refractivity contribution in [2.45, 2.75) is 0 Å². The molecule has 26 heavy (non-hydrogen) atoms. The largest absolute Gasteiger partial charge is 0.495 e. The number of anilines is 1. The molecular weight excluding hydrogens is 356 g/mol. The molecule has 2 aromatic heterocycles. The monoisotopic (exact) mass is 370 g/mol. The van der Waals surface area contributed by atoms with Crippen molar-refractivity contribution in [3.05, 3.63) is 69.7 Å². The molecule has 8 heteroatoms. The molecule has 3 rings (SSSR count). The van der Waals surface area contributed by atoms with Gasteiger partial charge in [-0.3, -0.25) is 9.59 Å². The van der Waals surface area contributed by atoms with Crippen LogP contribution in [0.4, 0.5) is 5.82 Å². The van der Waals surface area contributed by atoms with Gasteiger partial charge in [0.1, 0.15) is 17.3 Å². The molecule has 0 aliphatic rings. The smallest absolute Gasteiger partial charge is 0.277 e. The Morgan fingerprint density at radius 1 is 1.15 bits per heavy atom. The third kappa shape index (κ3) is 3.73. The average Bonchev–Trinajstić information content (AvgIpc) is 2.64. The Hall–Kier alpha value is -3.19. The number of nitrogens with zero attached hydrogens (tertiary/aromatic N) is 3. The van der Waals surface area contributed by atoms with Crippen LogP contribution in [0.25, 0.3) is 11.1 Å². The molecule has 0 unspecified atom stereocenters. The molecule has 0 fully saturated rings. The van der Waals surface area contributed by atoms with E-state index in [4.69, 9.17) is 16.3 Å². The fourth-order valence-electron chi connectivity index (χ4n) is 2.29. The molecule has 2 heterocycles. The Labute approximate surface area is 154 Å². The number of aryl methyl sites for hydroxylation is 1. The van der Waals surface area contributed by atoms with Gasteiger partial charge in [0.15, 0.2) is 0 Å². The van der Waals surface area contributed by atoms with Gasteiger partial charge in [-0.2, -0.15) is 5.10 Å². The normalized spacial score (nSPS) is 10.4. The lowest BCUT2D eigenvalue weighted by Gasteiger charge is -2.08. The minimum absolute atomic E-state index is 0.125. The van der Waals surface area contributed by atoms with Crippen molar-refractivity contribution in [2.24, 2.45) is 7.05 Å². The van der Waals surface area contributed by atoms with Crippen LogP contribution in [0, 0.1) is 0 Å². The number of halogens is 1.